The van der Waals surface area contributed by atoms with Crippen molar-refractivity contribution in [2.45, 2.75) is 33.6 Å². The predicted molar refractivity (Wildman–Crippen MR) is 50.6 cm³/mol. The molecular weight excluding hydrogens is 140 g/mol. The Labute approximate surface area is 70.6 Å². The van der Waals surface area contributed by atoms with E-state index in [1.54, 1.807) is 6.08 Å². The average molecular weight is 162 g/mol. The zero-order chi connectivity index (χ0) is 9.54. The van der Waals surface area contributed by atoms with Gasteiger partial charge in [-0.2, -0.15) is 0 Å². The zero-order valence-electron chi connectivity index (χ0n) is 8.01. The van der Waals surface area contributed by atoms with Gasteiger partial charge in [0.25, 0.3) is 0 Å². The van der Waals surface area contributed by atoms with E-state index in [0.717, 1.165) is 12.8 Å². The van der Waals surface area contributed by atoms with Gasteiger partial charge in [-0.3, -0.25) is 0 Å². The minimum absolute atomic E-state index is 0.319. The second-order valence-electron chi connectivity index (χ2n) is 1.86. The lowest BCUT2D eigenvalue weighted by Crippen LogP contribution is -1.69. The number of rotatable bonds is 2. The molecule has 0 heterocycles. The van der Waals surface area contributed by atoms with Crippen molar-refractivity contribution in [2.75, 3.05) is 13.2 Å². The van der Waals surface area contributed by atoms with Crippen LogP contribution in [0.3, 0.4) is 0 Å². The third kappa shape index (κ3) is 206. The monoisotopic (exact) mass is 162 g/mol. The Morgan fingerprint density at radius 2 is 1.18 bits per heavy atom. The molecule has 0 atom stereocenters. The lowest BCUT2D eigenvalue weighted by molar-refractivity contribution is 0.294. The lowest BCUT2D eigenvalue weighted by atomic mass is 10.5. The summed E-state index contributed by atoms with van der Waals surface area (Å²) in [6.45, 7) is 9.75. The second kappa shape index (κ2) is 33.4. The van der Waals surface area contributed by atoms with Crippen molar-refractivity contribution in [2.24, 2.45) is 0 Å². The standard InChI is InChI=1S/2C3H8O.C3H6/c2*1-2-3-4;1-3-2/h2*4H,2-3H2,1H3;3H,1H2,2H3. The number of aliphatic hydroxyl groups excluding tert-OH is 2. The van der Waals surface area contributed by atoms with E-state index in [4.69, 9.17) is 10.2 Å². The zero-order valence-corrected chi connectivity index (χ0v) is 8.01. The van der Waals surface area contributed by atoms with E-state index in [-0.39, 0.29) is 0 Å². The summed E-state index contributed by atoms with van der Waals surface area (Å²) in [5.74, 6) is 0. The first-order valence-electron chi connectivity index (χ1n) is 4.03. The quantitative estimate of drug-likeness (QED) is 0.609. The Bertz CT molecular complexity index is 36.8. The van der Waals surface area contributed by atoms with Gasteiger partial charge < -0.3 is 10.2 Å². The summed E-state index contributed by atoms with van der Waals surface area (Å²) < 4.78 is 0. The minimum Gasteiger partial charge on any atom is -0.396 e. The highest BCUT2D eigenvalue weighted by molar-refractivity contribution is 4.51. The molecule has 11 heavy (non-hydrogen) atoms. The van der Waals surface area contributed by atoms with Gasteiger partial charge in [0.1, 0.15) is 0 Å². The molecule has 0 fully saturated rings. The van der Waals surface area contributed by atoms with Crippen molar-refractivity contribution in [1.29, 1.82) is 0 Å². The van der Waals surface area contributed by atoms with Crippen LogP contribution in [0.15, 0.2) is 12.7 Å². The summed E-state index contributed by atoms with van der Waals surface area (Å²) in [5, 5.41) is 15.8. The molecule has 2 N–H and O–H groups in total. The first-order chi connectivity index (χ1) is 5.24. The van der Waals surface area contributed by atoms with Gasteiger partial charge >= 0.3 is 0 Å². The number of aliphatic hydroxyl groups is 2. The summed E-state index contributed by atoms with van der Waals surface area (Å²) in [7, 11) is 0. The molecule has 0 aromatic carbocycles. The molecule has 2 heteroatoms. The molecule has 0 aliphatic heterocycles. The van der Waals surface area contributed by atoms with Crippen molar-refractivity contribution in [3.05, 3.63) is 12.7 Å². The van der Waals surface area contributed by atoms with Crippen LogP contribution < -0.4 is 0 Å². The Hall–Kier alpha value is -0.340. The Morgan fingerprint density at radius 3 is 1.18 bits per heavy atom. The summed E-state index contributed by atoms with van der Waals surface area (Å²) in [6.07, 6.45) is 3.50. The highest BCUT2D eigenvalue weighted by Gasteiger charge is 1.57. The smallest absolute Gasteiger partial charge is 0.0428 e. The number of hydrogen-bond donors (Lipinski definition) is 2. The van der Waals surface area contributed by atoms with Gasteiger partial charge in [-0.1, -0.05) is 19.9 Å². The number of allylic oxidation sites excluding steroid dienone is 1. The van der Waals surface area contributed by atoms with Gasteiger partial charge in [0, 0.05) is 13.2 Å². The Kier molecular flexibility index (Phi) is 51.4. The van der Waals surface area contributed by atoms with Gasteiger partial charge in [0.05, 0.1) is 0 Å². The van der Waals surface area contributed by atoms with Crippen LogP contribution in [0, 0.1) is 0 Å². The Morgan fingerprint density at radius 1 is 1.09 bits per heavy atom. The number of hydrogen-bond acceptors (Lipinski definition) is 2. The first-order valence-corrected chi connectivity index (χ1v) is 4.03. The van der Waals surface area contributed by atoms with Crippen LogP contribution in [-0.2, 0) is 0 Å². The highest BCUT2D eigenvalue weighted by atomic mass is 16.3. The van der Waals surface area contributed by atoms with Crippen LogP contribution in [0.2, 0.25) is 0 Å². The highest BCUT2D eigenvalue weighted by Crippen LogP contribution is 1.61. The van der Waals surface area contributed by atoms with Crippen LogP contribution in [0.1, 0.15) is 33.6 Å². The molecule has 0 aromatic rings. The second-order valence-corrected chi connectivity index (χ2v) is 1.86. The fraction of sp³-hybridized carbons (Fsp3) is 0.778. The van der Waals surface area contributed by atoms with E-state index in [1.165, 1.54) is 0 Å². The minimum atomic E-state index is 0.319. The normalized spacial score (nSPS) is 6.64. The van der Waals surface area contributed by atoms with E-state index in [9.17, 15) is 0 Å². The fourth-order valence-electron chi connectivity index (χ4n) is 0. The molecule has 0 saturated heterocycles. The SMILES string of the molecule is C=CC.CCCO.CCCO. The summed E-state index contributed by atoms with van der Waals surface area (Å²) in [5.41, 5.74) is 0. The maximum Gasteiger partial charge on any atom is 0.0428 e. The molecular formula is C9H22O2. The summed E-state index contributed by atoms with van der Waals surface area (Å²) >= 11 is 0. The van der Waals surface area contributed by atoms with E-state index in [2.05, 4.69) is 6.58 Å². The van der Waals surface area contributed by atoms with E-state index >= 15 is 0 Å². The molecule has 0 radical (unpaired) electrons. The largest absolute Gasteiger partial charge is 0.396 e. The van der Waals surface area contributed by atoms with Crippen LogP contribution in [-0.4, -0.2) is 23.4 Å². The third-order valence-corrected chi connectivity index (χ3v) is 0.447. The molecule has 0 bridgehead atoms. The van der Waals surface area contributed by atoms with Crippen molar-refractivity contribution in [1.82, 2.24) is 0 Å². The fourth-order valence-corrected chi connectivity index (χ4v) is 0. The van der Waals surface area contributed by atoms with Crippen LogP contribution in [0.25, 0.3) is 0 Å². The average Bonchev–Trinajstić information content (AvgIpc) is 2.06. The molecule has 0 aliphatic rings. The van der Waals surface area contributed by atoms with Crippen LogP contribution in [0.5, 0.6) is 0 Å². The molecule has 0 spiro atoms. The molecule has 0 aromatic heterocycles. The molecule has 0 unspecified atom stereocenters. The van der Waals surface area contributed by atoms with Gasteiger partial charge in [-0.25, -0.2) is 0 Å². The molecule has 0 rings (SSSR count). The van der Waals surface area contributed by atoms with E-state index in [0.29, 0.717) is 13.2 Å². The molecule has 70 valence electrons. The van der Waals surface area contributed by atoms with Gasteiger partial charge in [-0.15, -0.1) is 6.58 Å². The predicted octanol–water partition coefficient (Wildman–Crippen LogP) is 1.97. The van der Waals surface area contributed by atoms with Gasteiger partial charge in [0.15, 0.2) is 0 Å². The molecule has 2 nitrogen and oxygen atoms in total. The van der Waals surface area contributed by atoms with Crippen LogP contribution >= 0.6 is 0 Å². The van der Waals surface area contributed by atoms with Gasteiger partial charge in [0.2, 0.25) is 0 Å². The molecule has 0 aliphatic carbocycles. The van der Waals surface area contributed by atoms with Gasteiger partial charge in [-0.05, 0) is 19.8 Å². The van der Waals surface area contributed by atoms with Crippen molar-refractivity contribution in [3.8, 4) is 0 Å². The maximum atomic E-state index is 7.88. The summed E-state index contributed by atoms with van der Waals surface area (Å²) in [6, 6.07) is 0. The Balaban J connectivity index is -0.0000000886. The lowest BCUT2D eigenvalue weighted by Gasteiger charge is -1.69. The summed E-state index contributed by atoms with van der Waals surface area (Å²) in [4.78, 5) is 0. The molecule has 0 saturated carbocycles. The van der Waals surface area contributed by atoms with E-state index < -0.39 is 0 Å². The maximum absolute atomic E-state index is 7.88. The third-order valence-electron chi connectivity index (χ3n) is 0.447. The first kappa shape index (κ1) is 17.0. The van der Waals surface area contributed by atoms with Crippen molar-refractivity contribution < 1.29 is 10.2 Å². The molecule has 0 amide bonds. The van der Waals surface area contributed by atoms with E-state index in [1.807, 2.05) is 20.8 Å². The topological polar surface area (TPSA) is 40.5 Å². The van der Waals surface area contributed by atoms with Crippen molar-refractivity contribution >= 4 is 0 Å². The van der Waals surface area contributed by atoms with Crippen LogP contribution in [0.4, 0.5) is 0 Å². The van der Waals surface area contributed by atoms with Crippen molar-refractivity contribution in [3.63, 3.8) is 0 Å².